The number of hydrogen-bond donors (Lipinski definition) is 2. The summed E-state index contributed by atoms with van der Waals surface area (Å²) in [5.41, 5.74) is 1.87. The second-order valence-electron chi connectivity index (χ2n) is 4.77. The predicted octanol–water partition coefficient (Wildman–Crippen LogP) is 2.39. The Labute approximate surface area is 105 Å². The zero-order valence-electron chi connectivity index (χ0n) is 10.1. The van der Waals surface area contributed by atoms with Gasteiger partial charge in [0.25, 0.3) is 0 Å². The highest BCUT2D eigenvalue weighted by atomic mass is 16.4. The number of carbonyl (C=O) groups is 1. The fraction of sp³-hybridized carbons (Fsp3) is 0.357. The van der Waals surface area contributed by atoms with Gasteiger partial charge in [0.15, 0.2) is 0 Å². The molecule has 2 heterocycles. The lowest BCUT2D eigenvalue weighted by molar-refractivity contribution is -0.143. The minimum atomic E-state index is -0.762. The molecule has 1 aromatic heterocycles. The summed E-state index contributed by atoms with van der Waals surface area (Å²) in [6.07, 6.45) is 4.01. The topological polar surface area (TPSA) is 56.3 Å². The van der Waals surface area contributed by atoms with Crippen molar-refractivity contribution in [3.8, 4) is 0 Å². The van der Waals surface area contributed by atoms with E-state index >= 15 is 0 Å². The smallest absolute Gasteiger partial charge is 0.325 e. The van der Waals surface area contributed by atoms with Crippen LogP contribution in [0, 0.1) is 0 Å². The monoisotopic (exact) mass is 244 g/mol. The fourth-order valence-corrected chi connectivity index (χ4v) is 2.81. The number of aromatic nitrogens is 1. The molecule has 1 fully saturated rings. The van der Waals surface area contributed by atoms with Crippen molar-refractivity contribution in [2.24, 2.45) is 0 Å². The number of fused-ring (bicyclic) bond motifs is 1. The van der Waals surface area contributed by atoms with Crippen LogP contribution < -0.4 is 0 Å². The molecule has 1 saturated heterocycles. The number of carboxylic acids is 1. The minimum Gasteiger partial charge on any atom is -0.480 e. The number of carboxylic acid groups (broad SMARTS) is 1. The molecule has 0 aliphatic carbocycles. The van der Waals surface area contributed by atoms with E-state index in [1.165, 1.54) is 0 Å². The van der Waals surface area contributed by atoms with Crippen LogP contribution in [0.4, 0.5) is 0 Å². The average Bonchev–Trinajstić information content (AvgIpc) is 3.00. The highest BCUT2D eigenvalue weighted by Crippen LogP contribution is 2.30. The molecule has 0 bridgehead atoms. The van der Waals surface area contributed by atoms with Crippen molar-refractivity contribution in [3.05, 3.63) is 36.0 Å². The van der Waals surface area contributed by atoms with Crippen LogP contribution in [-0.4, -0.2) is 34.0 Å². The molecule has 0 spiro atoms. The summed E-state index contributed by atoms with van der Waals surface area (Å²) >= 11 is 0. The molecule has 94 valence electrons. The Kier molecular flexibility index (Phi) is 2.80. The Hall–Kier alpha value is -1.81. The van der Waals surface area contributed by atoms with Crippen LogP contribution in [0.2, 0.25) is 0 Å². The number of nitrogens with one attached hydrogen (secondary N) is 1. The number of aliphatic carboxylic acids is 1. The number of likely N-dealkylation sites (tertiary alicyclic amines) is 1. The molecule has 2 aromatic rings. The van der Waals surface area contributed by atoms with Crippen LogP contribution in [0.25, 0.3) is 10.9 Å². The summed E-state index contributed by atoms with van der Waals surface area (Å²) in [6.45, 7) is 1.74. The maximum absolute atomic E-state index is 11.6. The van der Waals surface area contributed by atoms with E-state index < -0.39 is 12.0 Å². The summed E-state index contributed by atoms with van der Waals surface area (Å²) in [6, 6.07) is 7.33. The molecule has 3 rings (SSSR count). The van der Waals surface area contributed by atoms with Gasteiger partial charge in [-0.15, -0.1) is 0 Å². The number of aromatic amines is 1. The Morgan fingerprint density at radius 2 is 2.00 bits per heavy atom. The Morgan fingerprint density at radius 1 is 1.28 bits per heavy atom. The van der Waals surface area contributed by atoms with E-state index in [0.29, 0.717) is 0 Å². The summed E-state index contributed by atoms with van der Waals surface area (Å²) in [7, 11) is 0. The van der Waals surface area contributed by atoms with Crippen molar-refractivity contribution in [3.63, 3.8) is 0 Å². The van der Waals surface area contributed by atoms with Gasteiger partial charge in [-0.25, -0.2) is 0 Å². The molecular weight excluding hydrogens is 228 g/mol. The summed E-state index contributed by atoms with van der Waals surface area (Å²) in [5.74, 6) is -0.762. The van der Waals surface area contributed by atoms with Crippen molar-refractivity contribution >= 4 is 16.9 Å². The van der Waals surface area contributed by atoms with Gasteiger partial charge in [-0.3, -0.25) is 9.69 Å². The van der Waals surface area contributed by atoms with Crippen molar-refractivity contribution in [2.75, 3.05) is 13.1 Å². The summed E-state index contributed by atoms with van der Waals surface area (Å²) in [4.78, 5) is 16.8. The molecule has 18 heavy (non-hydrogen) atoms. The van der Waals surface area contributed by atoms with E-state index in [2.05, 4.69) is 9.88 Å². The standard InChI is InChI=1S/C14H16N2O2/c17-14(18)13(16-7-3-4-8-16)11-9-15-12-6-2-1-5-10(11)12/h1-2,5-6,9,13,15H,3-4,7-8H2,(H,17,18)/t13-/m1/s1. The number of rotatable bonds is 3. The molecule has 1 aliphatic rings. The molecule has 4 nitrogen and oxygen atoms in total. The minimum absolute atomic E-state index is 0.524. The van der Waals surface area contributed by atoms with Crippen LogP contribution in [0.1, 0.15) is 24.4 Å². The molecular formula is C14H16N2O2. The van der Waals surface area contributed by atoms with Gasteiger partial charge < -0.3 is 10.1 Å². The first-order valence-corrected chi connectivity index (χ1v) is 6.30. The van der Waals surface area contributed by atoms with Gasteiger partial charge in [-0.05, 0) is 32.0 Å². The molecule has 0 amide bonds. The van der Waals surface area contributed by atoms with Gasteiger partial charge in [-0.2, -0.15) is 0 Å². The molecule has 1 aliphatic heterocycles. The first-order chi connectivity index (χ1) is 8.77. The Morgan fingerprint density at radius 3 is 2.72 bits per heavy atom. The fourth-order valence-electron chi connectivity index (χ4n) is 2.81. The van der Waals surface area contributed by atoms with E-state index in [4.69, 9.17) is 0 Å². The van der Waals surface area contributed by atoms with E-state index in [1.54, 1.807) is 0 Å². The third-order valence-corrected chi connectivity index (χ3v) is 3.66. The van der Waals surface area contributed by atoms with Crippen molar-refractivity contribution in [1.29, 1.82) is 0 Å². The van der Waals surface area contributed by atoms with Gasteiger partial charge in [0.1, 0.15) is 6.04 Å². The first kappa shape index (κ1) is 11.3. The largest absolute Gasteiger partial charge is 0.480 e. The molecule has 4 heteroatoms. The summed E-state index contributed by atoms with van der Waals surface area (Å²) < 4.78 is 0. The normalized spacial score (nSPS) is 18.2. The third kappa shape index (κ3) is 1.78. The van der Waals surface area contributed by atoms with Gasteiger partial charge in [0, 0.05) is 22.7 Å². The summed E-state index contributed by atoms with van der Waals surface area (Å²) in [5, 5.41) is 10.5. The van der Waals surface area contributed by atoms with Crippen molar-refractivity contribution in [1.82, 2.24) is 9.88 Å². The van der Waals surface area contributed by atoms with Gasteiger partial charge in [0.2, 0.25) is 0 Å². The van der Waals surface area contributed by atoms with Gasteiger partial charge in [0.05, 0.1) is 0 Å². The van der Waals surface area contributed by atoms with Gasteiger partial charge >= 0.3 is 5.97 Å². The number of benzene rings is 1. The maximum Gasteiger partial charge on any atom is 0.325 e. The highest BCUT2D eigenvalue weighted by molar-refractivity contribution is 5.89. The lowest BCUT2D eigenvalue weighted by Crippen LogP contribution is -2.31. The molecule has 1 atom stereocenters. The van der Waals surface area contributed by atoms with Crippen LogP contribution in [0.3, 0.4) is 0 Å². The molecule has 0 unspecified atom stereocenters. The quantitative estimate of drug-likeness (QED) is 0.871. The van der Waals surface area contributed by atoms with Crippen LogP contribution in [0.5, 0.6) is 0 Å². The van der Waals surface area contributed by atoms with E-state index in [1.807, 2.05) is 30.5 Å². The van der Waals surface area contributed by atoms with Crippen molar-refractivity contribution < 1.29 is 9.90 Å². The Balaban J connectivity index is 2.06. The molecule has 1 aromatic carbocycles. The average molecular weight is 244 g/mol. The van der Waals surface area contributed by atoms with Crippen LogP contribution >= 0.6 is 0 Å². The predicted molar refractivity (Wildman–Crippen MR) is 69.5 cm³/mol. The second-order valence-corrected chi connectivity index (χ2v) is 4.77. The van der Waals surface area contributed by atoms with Crippen LogP contribution in [0.15, 0.2) is 30.5 Å². The lowest BCUT2D eigenvalue weighted by Gasteiger charge is -2.23. The lowest BCUT2D eigenvalue weighted by atomic mass is 10.0. The van der Waals surface area contributed by atoms with E-state index in [0.717, 1.165) is 42.4 Å². The van der Waals surface area contributed by atoms with E-state index in [-0.39, 0.29) is 0 Å². The SMILES string of the molecule is O=C(O)[C@@H](c1c[nH]c2ccccc12)N1CCCC1. The first-order valence-electron chi connectivity index (χ1n) is 6.30. The highest BCUT2D eigenvalue weighted by Gasteiger charge is 2.31. The Bertz CT molecular complexity index is 570. The molecule has 0 saturated carbocycles. The third-order valence-electron chi connectivity index (χ3n) is 3.66. The van der Waals surface area contributed by atoms with Crippen LogP contribution in [-0.2, 0) is 4.79 Å². The number of nitrogens with zero attached hydrogens (tertiary/aromatic N) is 1. The van der Waals surface area contributed by atoms with Crippen molar-refractivity contribution in [2.45, 2.75) is 18.9 Å². The molecule has 2 N–H and O–H groups in total. The van der Waals surface area contributed by atoms with Gasteiger partial charge in [-0.1, -0.05) is 18.2 Å². The van der Waals surface area contributed by atoms with E-state index in [9.17, 15) is 9.90 Å². The number of para-hydroxylation sites is 1. The number of H-pyrrole nitrogens is 1. The second kappa shape index (κ2) is 4.46. The zero-order valence-corrected chi connectivity index (χ0v) is 10.1. The zero-order chi connectivity index (χ0) is 12.5. The molecule has 0 radical (unpaired) electrons. The maximum atomic E-state index is 11.6. The number of hydrogen-bond acceptors (Lipinski definition) is 2.